The summed E-state index contributed by atoms with van der Waals surface area (Å²) >= 11 is 0. The Balaban J connectivity index is 1.89. The zero-order valence-corrected chi connectivity index (χ0v) is 12.0. The molecule has 2 rings (SSSR count). The fourth-order valence-electron chi connectivity index (χ4n) is 2.57. The summed E-state index contributed by atoms with van der Waals surface area (Å²) in [6.07, 6.45) is 0.399. The number of carbonyl (C=O) groups excluding carboxylic acids is 1. The molecule has 110 valence electrons. The Morgan fingerprint density at radius 2 is 1.95 bits per heavy atom. The van der Waals surface area contributed by atoms with Crippen LogP contribution in [0.25, 0.3) is 0 Å². The van der Waals surface area contributed by atoms with Gasteiger partial charge in [0.2, 0.25) is 0 Å². The number of hydrogen-bond acceptors (Lipinski definition) is 4. The number of rotatable bonds is 4. The van der Waals surface area contributed by atoms with E-state index in [0.29, 0.717) is 12.1 Å². The number of nitrogens with zero attached hydrogens (tertiary/aromatic N) is 2. The summed E-state index contributed by atoms with van der Waals surface area (Å²) in [5, 5.41) is 0. The number of methoxy groups -OCH3 is 1. The lowest BCUT2D eigenvalue weighted by atomic mass is 10.1. The Labute approximate surface area is 119 Å². The van der Waals surface area contributed by atoms with E-state index in [4.69, 9.17) is 4.74 Å². The minimum absolute atomic E-state index is 0.158. The third-order valence-corrected chi connectivity index (χ3v) is 3.82. The monoisotopic (exact) mass is 280 g/mol. The molecule has 1 aliphatic rings. The molecule has 20 heavy (non-hydrogen) atoms. The van der Waals surface area contributed by atoms with Crippen molar-refractivity contribution in [3.8, 4) is 0 Å². The number of anilines is 1. The van der Waals surface area contributed by atoms with Gasteiger partial charge in [0, 0.05) is 32.2 Å². The van der Waals surface area contributed by atoms with Gasteiger partial charge in [0.05, 0.1) is 19.2 Å². The molecule has 1 aliphatic heterocycles. The van der Waals surface area contributed by atoms with Crippen LogP contribution in [0.3, 0.4) is 0 Å². The predicted molar refractivity (Wildman–Crippen MR) is 76.3 cm³/mol. The molecule has 1 atom stereocenters. The molecule has 1 heterocycles. The predicted octanol–water partition coefficient (Wildman–Crippen LogP) is 1.90. The minimum Gasteiger partial charge on any atom is -0.469 e. The molecular formula is C15H21FN2O2. The molecule has 1 unspecified atom stereocenters. The number of benzene rings is 1. The van der Waals surface area contributed by atoms with Gasteiger partial charge in [0.25, 0.3) is 0 Å². The lowest BCUT2D eigenvalue weighted by Gasteiger charge is -2.38. The van der Waals surface area contributed by atoms with Gasteiger partial charge in [-0.3, -0.25) is 9.69 Å². The number of hydrogen-bond donors (Lipinski definition) is 0. The Kier molecular flexibility index (Phi) is 4.95. The van der Waals surface area contributed by atoms with E-state index >= 15 is 0 Å². The van der Waals surface area contributed by atoms with Crippen molar-refractivity contribution in [2.45, 2.75) is 19.4 Å². The van der Waals surface area contributed by atoms with Gasteiger partial charge in [-0.1, -0.05) is 12.1 Å². The highest BCUT2D eigenvalue weighted by atomic mass is 19.1. The molecule has 0 aromatic heterocycles. The lowest BCUT2D eigenvalue weighted by molar-refractivity contribution is -0.141. The summed E-state index contributed by atoms with van der Waals surface area (Å²) in [5.74, 6) is -0.363. The maximum Gasteiger partial charge on any atom is 0.307 e. The van der Waals surface area contributed by atoms with Gasteiger partial charge in [-0.25, -0.2) is 4.39 Å². The van der Waals surface area contributed by atoms with Crippen molar-refractivity contribution in [1.29, 1.82) is 0 Å². The number of para-hydroxylation sites is 1. The highest BCUT2D eigenvalue weighted by Crippen LogP contribution is 2.21. The first kappa shape index (κ1) is 14.8. The van der Waals surface area contributed by atoms with Gasteiger partial charge in [-0.15, -0.1) is 0 Å². The summed E-state index contributed by atoms with van der Waals surface area (Å²) in [5.41, 5.74) is 0.660. The van der Waals surface area contributed by atoms with Gasteiger partial charge in [-0.2, -0.15) is 0 Å². The van der Waals surface area contributed by atoms with E-state index in [1.807, 2.05) is 19.1 Å². The molecular weight excluding hydrogens is 259 g/mol. The smallest absolute Gasteiger partial charge is 0.307 e. The van der Waals surface area contributed by atoms with Crippen molar-refractivity contribution in [3.05, 3.63) is 30.1 Å². The standard InChI is InChI=1S/C15H21FN2O2/c1-12(11-15(19)20-2)17-7-9-18(10-8-17)14-6-4-3-5-13(14)16/h3-6,12H,7-11H2,1-2H3. The third kappa shape index (κ3) is 3.48. The second-order valence-electron chi connectivity index (χ2n) is 5.10. The number of piperazine rings is 1. The quantitative estimate of drug-likeness (QED) is 0.789. The van der Waals surface area contributed by atoms with Gasteiger partial charge < -0.3 is 9.64 Å². The highest BCUT2D eigenvalue weighted by Gasteiger charge is 2.24. The average molecular weight is 280 g/mol. The number of ether oxygens (including phenoxy) is 1. The number of halogens is 1. The second-order valence-corrected chi connectivity index (χ2v) is 5.10. The van der Waals surface area contributed by atoms with E-state index in [9.17, 15) is 9.18 Å². The molecule has 0 saturated carbocycles. The van der Waals surface area contributed by atoms with Crippen molar-refractivity contribution >= 4 is 11.7 Å². The third-order valence-electron chi connectivity index (χ3n) is 3.82. The number of esters is 1. The first-order valence-corrected chi connectivity index (χ1v) is 6.92. The molecule has 0 amide bonds. The largest absolute Gasteiger partial charge is 0.469 e. The number of carbonyl (C=O) groups is 1. The lowest BCUT2D eigenvalue weighted by Crippen LogP contribution is -2.50. The van der Waals surface area contributed by atoms with Crippen LogP contribution < -0.4 is 4.90 Å². The molecule has 1 aromatic rings. The molecule has 1 fully saturated rings. The Morgan fingerprint density at radius 1 is 1.30 bits per heavy atom. The first-order valence-electron chi connectivity index (χ1n) is 6.92. The summed E-state index contributed by atoms with van der Waals surface area (Å²) in [6, 6.07) is 7.01. The van der Waals surface area contributed by atoms with Crippen LogP contribution in [0.15, 0.2) is 24.3 Å². The second kappa shape index (κ2) is 6.70. The summed E-state index contributed by atoms with van der Waals surface area (Å²) in [7, 11) is 1.41. The van der Waals surface area contributed by atoms with Crippen LogP contribution in [-0.2, 0) is 9.53 Å². The first-order chi connectivity index (χ1) is 9.61. The van der Waals surface area contributed by atoms with Gasteiger partial charge >= 0.3 is 5.97 Å². The van der Waals surface area contributed by atoms with E-state index in [0.717, 1.165) is 26.2 Å². The summed E-state index contributed by atoms with van der Waals surface area (Å²) in [4.78, 5) is 15.6. The van der Waals surface area contributed by atoms with Crippen LogP contribution in [0.5, 0.6) is 0 Å². The molecule has 0 N–H and O–H groups in total. The van der Waals surface area contributed by atoms with Crippen LogP contribution >= 0.6 is 0 Å². The van der Waals surface area contributed by atoms with E-state index < -0.39 is 0 Å². The van der Waals surface area contributed by atoms with Crippen LogP contribution in [0.1, 0.15) is 13.3 Å². The zero-order chi connectivity index (χ0) is 14.5. The molecule has 0 spiro atoms. The fourth-order valence-corrected chi connectivity index (χ4v) is 2.57. The van der Waals surface area contributed by atoms with Crippen LogP contribution in [0, 0.1) is 5.82 Å². The maximum absolute atomic E-state index is 13.7. The van der Waals surface area contributed by atoms with Crippen molar-refractivity contribution in [3.63, 3.8) is 0 Å². The molecule has 1 aromatic carbocycles. The fraction of sp³-hybridized carbons (Fsp3) is 0.533. The molecule has 5 heteroatoms. The Morgan fingerprint density at radius 3 is 2.55 bits per heavy atom. The molecule has 0 bridgehead atoms. The summed E-state index contributed by atoms with van der Waals surface area (Å²) in [6.45, 7) is 5.22. The van der Waals surface area contributed by atoms with E-state index in [-0.39, 0.29) is 17.8 Å². The topological polar surface area (TPSA) is 32.8 Å². The highest BCUT2D eigenvalue weighted by molar-refractivity contribution is 5.69. The van der Waals surface area contributed by atoms with Gasteiger partial charge in [-0.05, 0) is 19.1 Å². The Hall–Kier alpha value is -1.62. The van der Waals surface area contributed by atoms with E-state index in [1.54, 1.807) is 6.07 Å². The molecule has 0 radical (unpaired) electrons. The van der Waals surface area contributed by atoms with Crippen LogP contribution in [0.2, 0.25) is 0 Å². The van der Waals surface area contributed by atoms with Gasteiger partial charge in [0.15, 0.2) is 0 Å². The minimum atomic E-state index is -0.186. The maximum atomic E-state index is 13.7. The van der Waals surface area contributed by atoms with Crippen LogP contribution in [-0.4, -0.2) is 50.2 Å². The van der Waals surface area contributed by atoms with Crippen molar-refractivity contribution in [2.24, 2.45) is 0 Å². The SMILES string of the molecule is COC(=O)CC(C)N1CCN(c2ccccc2F)CC1. The zero-order valence-electron chi connectivity index (χ0n) is 12.0. The average Bonchev–Trinajstić information content (AvgIpc) is 2.47. The summed E-state index contributed by atoms with van der Waals surface area (Å²) < 4.78 is 18.4. The normalized spacial score (nSPS) is 17.9. The molecule has 1 saturated heterocycles. The molecule has 4 nitrogen and oxygen atoms in total. The van der Waals surface area contributed by atoms with E-state index in [2.05, 4.69) is 9.80 Å². The van der Waals surface area contributed by atoms with Crippen molar-refractivity contribution in [1.82, 2.24) is 4.90 Å². The van der Waals surface area contributed by atoms with Crippen molar-refractivity contribution < 1.29 is 13.9 Å². The van der Waals surface area contributed by atoms with Gasteiger partial charge in [0.1, 0.15) is 5.82 Å². The van der Waals surface area contributed by atoms with Crippen molar-refractivity contribution in [2.75, 3.05) is 38.2 Å². The van der Waals surface area contributed by atoms with Crippen LogP contribution in [0.4, 0.5) is 10.1 Å². The van der Waals surface area contributed by atoms with E-state index in [1.165, 1.54) is 13.2 Å². The molecule has 0 aliphatic carbocycles. The Bertz CT molecular complexity index is 459.